The highest BCUT2D eigenvalue weighted by molar-refractivity contribution is 6.35. The molecule has 3 nitrogen and oxygen atoms in total. The van der Waals surface area contributed by atoms with Crippen LogP contribution in [0.5, 0.6) is 0 Å². The lowest BCUT2D eigenvalue weighted by molar-refractivity contribution is 0.718. The van der Waals surface area contributed by atoms with Crippen molar-refractivity contribution in [2.24, 2.45) is 7.05 Å². The Kier molecular flexibility index (Phi) is 2.41. The summed E-state index contributed by atoms with van der Waals surface area (Å²) in [5.74, 6) is 1.03. The van der Waals surface area contributed by atoms with E-state index in [-0.39, 0.29) is 0 Å². The summed E-state index contributed by atoms with van der Waals surface area (Å²) < 4.78 is 4.18. The highest BCUT2D eigenvalue weighted by atomic mass is 35.5. The number of fused-ring (bicyclic) bond motifs is 1. The normalized spacial score (nSPS) is 11.2. The van der Waals surface area contributed by atoms with Gasteiger partial charge in [-0.25, -0.2) is 4.98 Å². The first-order valence-corrected chi connectivity index (χ1v) is 5.83. The van der Waals surface area contributed by atoms with Gasteiger partial charge in [-0.2, -0.15) is 0 Å². The minimum absolute atomic E-state index is 0.757. The Labute approximate surface area is 104 Å². The molecule has 0 radical (unpaired) electrons. The predicted molar refractivity (Wildman–Crippen MR) is 69.3 cm³/mol. The fourth-order valence-electron chi connectivity index (χ4n) is 2.02. The molecule has 0 aliphatic carbocycles. The van der Waals surface area contributed by atoms with Crippen molar-refractivity contribution in [2.75, 3.05) is 0 Å². The third-order valence-electron chi connectivity index (χ3n) is 2.99. The number of rotatable bonds is 2. The molecule has 17 heavy (non-hydrogen) atoms. The number of imidazole rings is 1. The van der Waals surface area contributed by atoms with Crippen LogP contribution in [0.3, 0.4) is 0 Å². The molecule has 0 saturated carbocycles. The summed E-state index contributed by atoms with van der Waals surface area (Å²) in [6, 6.07) is 8.00. The van der Waals surface area contributed by atoms with E-state index in [4.69, 9.17) is 11.6 Å². The van der Waals surface area contributed by atoms with Gasteiger partial charge in [0.05, 0.1) is 6.54 Å². The smallest absolute Gasteiger partial charge is 0.128 e. The summed E-state index contributed by atoms with van der Waals surface area (Å²) in [5.41, 5.74) is 1.14. The molecule has 0 aliphatic rings. The summed E-state index contributed by atoms with van der Waals surface area (Å²) in [5, 5.41) is 1.88. The molecule has 1 aromatic carbocycles. The van der Waals surface area contributed by atoms with Crippen LogP contribution in [0.1, 0.15) is 5.82 Å². The van der Waals surface area contributed by atoms with Crippen LogP contribution in [-0.4, -0.2) is 14.1 Å². The molecule has 86 valence electrons. The Morgan fingerprint density at radius 2 is 2.12 bits per heavy atom. The fourth-order valence-corrected chi connectivity index (χ4v) is 2.26. The third-order valence-corrected chi connectivity index (χ3v) is 3.32. The van der Waals surface area contributed by atoms with Crippen LogP contribution in [0.25, 0.3) is 10.9 Å². The van der Waals surface area contributed by atoms with E-state index in [0.29, 0.717) is 0 Å². The van der Waals surface area contributed by atoms with E-state index >= 15 is 0 Å². The largest absolute Gasteiger partial charge is 0.340 e. The van der Waals surface area contributed by atoms with Crippen LogP contribution in [-0.2, 0) is 13.6 Å². The van der Waals surface area contributed by atoms with Crippen molar-refractivity contribution in [3.63, 3.8) is 0 Å². The number of aryl methyl sites for hydroxylation is 1. The summed E-state index contributed by atoms with van der Waals surface area (Å²) in [7, 11) is 2.00. The first-order valence-electron chi connectivity index (χ1n) is 5.45. The average Bonchev–Trinajstić information content (AvgIpc) is 2.89. The van der Waals surface area contributed by atoms with Crippen molar-refractivity contribution < 1.29 is 0 Å². The van der Waals surface area contributed by atoms with Gasteiger partial charge in [0.25, 0.3) is 0 Å². The second kappa shape index (κ2) is 3.93. The predicted octanol–water partition coefficient (Wildman–Crippen LogP) is 3.08. The summed E-state index contributed by atoms with van der Waals surface area (Å²) >= 11 is 6.15. The van der Waals surface area contributed by atoms with Crippen LogP contribution in [0, 0.1) is 0 Å². The minimum atomic E-state index is 0.757. The zero-order chi connectivity index (χ0) is 11.8. The number of benzene rings is 1. The maximum atomic E-state index is 6.15. The topological polar surface area (TPSA) is 22.8 Å². The summed E-state index contributed by atoms with van der Waals surface area (Å²) in [6.07, 6.45) is 5.81. The molecule has 2 heterocycles. The zero-order valence-corrected chi connectivity index (χ0v) is 10.2. The fraction of sp³-hybridized carbons (Fsp3) is 0.154. The monoisotopic (exact) mass is 245 g/mol. The number of nitrogens with zero attached hydrogens (tertiary/aromatic N) is 3. The van der Waals surface area contributed by atoms with Gasteiger partial charge in [-0.1, -0.05) is 17.7 Å². The van der Waals surface area contributed by atoms with Crippen LogP contribution < -0.4 is 0 Å². The third kappa shape index (κ3) is 1.72. The number of aromatic nitrogens is 3. The molecule has 3 aromatic rings. The lowest BCUT2D eigenvalue weighted by atomic mass is 10.2. The molecule has 0 aliphatic heterocycles. The van der Waals surface area contributed by atoms with Crippen molar-refractivity contribution in [1.29, 1.82) is 0 Å². The first kappa shape index (κ1) is 10.4. The molecule has 2 aromatic heterocycles. The van der Waals surface area contributed by atoms with E-state index < -0.39 is 0 Å². The van der Waals surface area contributed by atoms with E-state index in [1.807, 2.05) is 48.4 Å². The van der Waals surface area contributed by atoms with E-state index in [2.05, 4.69) is 15.6 Å². The van der Waals surface area contributed by atoms with Gasteiger partial charge in [0.15, 0.2) is 0 Å². The molecule has 4 heteroatoms. The van der Waals surface area contributed by atoms with Crippen LogP contribution >= 0.6 is 11.6 Å². The van der Waals surface area contributed by atoms with Crippen LogP contribution in [0.4, 0.5) is 0 Å². The zero-order valence-electron chi connectivity index (χ0n) is 9.47. The standard InChI is InChI=1S/C13H12ClN3/c1-16-8-6-15-13(16)9-17-7-5-10-11(14)3-2-4-12(10)17/h2-8H,9H2,1H3. The van der Waals surface area contributed by atoms with E-state index in [0.717, 1.165) is 28.3 Å². The maximum Gasteiger partial charge on any atom is 0.128 e. The molecular weight excluding hydrogens is 234 g/mol. The molecule has 0 bridgehead atoms. The number of hydrogen-bond donors (Lipinski definition) is 0. The van der Waals surface area contributed by atoms with Crippen molar-refractivity contribution in [3.05, 3.63) is 53.7 Å². The summed E-state index contributed by atoms with van der Waals surface area (Å²) in [4.78, 5) is 4.33. The number of halogens is 1. The summed E-state index contributed by atoms with van der Waals surface area (Å²) in [6.45, 7) is 0.757. The van der Waals surface area contributed by atoms with Gasteiger partial charge in [-0.15, -0.1) is 0 Å². The lowest BCUT2D eigenvalue weighted by Gasteiger charge is -2.05. The average molecular weight is 246 g/mol. The van der Waals surface area contributed by atoms with E-state index in [1.54, 1.807) is 0 Å². The van der Waals surface area contributed by atoms with Gasteiger partial charge in [-0.05, 0) is 18.2 Å². The Morgan fingerprint density at radius 1 is 1.24 bits per heavy atom. The Hall–Kier alpha value is -1.74. The van der Waals surface area contributed by atoms with Gasteiger partial charge in [-0.3, -0.25) is 0 Å². The molecule has 0 atom stereocenters. The Bertz CT molecular complexity index is 666. The molecule has 0 amide bonds. The van der Waals surface area contributed by atoms with Gasteiger partial charge < -0.3 is 9.13 Å². The molecule has 0 saturated heterocycles. The second-order valence-corrected chi connectivity index (χ2v) is 4.48. The van der Waals surface area contributed by atoms with Crippen molar-refractivity contribution >= 4 is 22.5 Å². The number of hydrogen-bond acceptors (Lipinski definition) is 1. The van der Waals surface area contributed by atoms with Crippen molar-refractivity contribution in [2.45, 2.75) is 6.54 Å². The van der Waals surface area contributed by atoms with Gasteiger partial charge in [0.1, 0.15) is 5.82 Å². The molecular formula is C13H12ClN3. The van der Waals surface area contributed by atoms with Crippen molar-refractivity contribution in [3.8, 4) is 0 Å². The highest BCUT2D eigenvalue weighted by Gasteiger charge is 2.06. The Balaban J connectivity index is 2.07. The lowest BCUT2D eigenvalue weighted by Crippen LogP contribution is -2.04. The van der Waals surface area contributed by atoms with Crippen LogP contribution in [0.2, 0.25) is 5.02 Å². The highest BCUT2D eigenvalue weighted by Crippen LogP contribution is 2.24. The maximum absolute atomic E-state index is 6.15. The quantitative estimate of drug-likeness (QED) is 0.680. The molecule has 0 N–H and O–H groups in total. The van der Waals surface area contributed by atoms with Crippen LogP contribution in [0.15, 0.2) is 42.9 Å². The molecule has 0 spiro atoms. The minimum Gasteiger partial charge on any atom is -0.340 e. The van der Waals surface area contributed by atoms with Crippen molar-refractivity contribution in [1.82, 2.24) is 14.1 Å². The van der Waals surface area contributed by atoms with Gasteiger partial charge >= 0.3 is 0 Å². The van der Waals surface area contributed by atoms with E-state index in [9.17, 15) is 0 Å². The molecule has 0 fully saturated rings. The van der Waals surface area contributed by atoms with Gasteiger partial charge in [0, 0.05) is 41.6 Å². The first-order chi connectivity index (χ1) is 8.25. The second-order valence-electron chi connectivity index (χ2n) is 4.07. The van der Waals surface area contributed by atoms with Gasteiger partial charge in [0.2, 0.25) is 0 Å². The molecule has 0 unspecified atom stereocenters. The van der Waals surface area contributed by atoms with E-state index in [1.165, 1.54) is 0 Å². The SMILES string of the molecule is Cn1ccnc1Cn1ccc2c(Cl)cccc21. The Morgan fingerprint density at radius 3 is 2.88 bits per heavy atom. The molecule has 3 rings (SSSR count).